The van der Waals surface area contributed by atoms with Gasteiger partial charge in [-0.2, -0.15) is 0 Å². The van der Waals surface area contributed by atoms with Gasteiger partial charge >= 0.3 is 5.97 Å². The first-order valence-corrected chi connectivity index (χ1v) is 8.93. The Balaban J connectivity index is 1.92. The molecule has 0 aliphatic heterocycles. The standard InChI is InChI=1S/C20H17NO4S/c1-14-2-4-15(5-3-14)16-6-10-18(11-7-16)21(26(24)25)19-12-8-17(9-13-19)20(22)23/h2-13H,1H3,(H,22,23)(H,24,25). The highest BCUT2D eigenvalue weighted by Gasteiger charge is 2.16. The first kappa shape index (κ1) is 17.8. The lowest BCUT2D eigenvalue weighted by atomic mass is 10.0. The van der Waals surface area contributed by atoms with E-state index in [0.717, 1.165) is 11.1 Å². The molecule has 2 N–H and O–H groups in total. The summed E-state index contributed by atoms with van der Waals surface area (Å²) in [7, 11) is 0. The van der Waals surface area contributed by atoms with Crippen LogP contribution < -0.4 is 4.31 Å². The minimum absolute atomic E-state index is 0.118. The minimum Gasteiger partial charge on any atom is -0.478 e. The Hall–Kier alpha value is -2.96. The van der Waals surface area contributed by atoms with Crippen molar-refractivity contribution in [3.63, 3.8) is 0 Å². The smallest absolute Gasteiger partial charge is 0.335 e. The summed E-state index contributed by atoms with van der Waals surface area (Å²) in [6.45, 7) is 2.02. The van der Waals surface area contributed by atoms with Gasteiger partial charge in [0.2, 0.25) is 0 Å². The molecule has 0 spiro atoms. The fraction of sp³-hybridized carbons (Fsp3) is 0.0500. The second-order valence-electron chi connectivity index (χ2n) is 5.79. The highest BCUT2D eigenvalue weighted by molar-refractivity contribution is 7.81. The van der Waals surface area contributed by atoms with Gasteiger partial charge in [0, 0.05) is 0 Å². The van der Waals surface area contributed by atoms with Crippen molar-refractivity contribution in [2.75, 3.05) is 4.31 Å². The maximum atomic E-state index is 11.8. The van der Waals surface area contributed by atoms with E-state index in [-0.39, 0.29) is 5.56 Å². The summed E-state index contributed by atoms with van der Waals surface area (Å²) in [6, 6.07) is 21.2. The highest BCUT2D eigenvalue weighted by Crippen LogP contribution is 2.29. The Morgan fingerprint density at radius 2 is 1.23 bits per heavy atom. The lowest BCUT2D eigenvalue weighted by molar-refractivity contribution is 0.0697. The number of nitrogens with zero attached hydrogens (tertiary/aromatic N) is 1. The van der Waals surface area contributed by atoms with Crippen molar-refractivity contribution < 1.29 is 18.7 Å². The number of hydrogen-bond acceptors (Lipinski definition) is 2. The molecule has 0 aromatic heterocycles. The van der Waals surface area contributed by atoms with Gasteiger partial charge in [0.05, 0.1) is 16.9 Å². The van der Waals surface area contributed by atoms with E-state index in [9.17, 15) is 13.6 Å². The third-order valence-electron chi connectivity index (χ3n) is 3.99. The average molecular weight is 367 g/mol. The Kier molecular flexibility index (Phi) is 5.16. The molecule has 0 aliphatic carbocycles. The molecule has 6 heteroatoms. The third-order valence-corrected chi connectivity index (χ3v) is 4.73. The molecule has 3 aromatic carbocycles. The van der Waals surface area contributed by atoms with Gasteiger partial charge in [-0.1, -0.05) is 42.0 Å². The maximum Gasteiger partial charge on any atom is 0.335 e. The predicted molar refractivity (Wildman–Crippen MR) is 103 cm³/mol. The lowest BCUT2D eigenvalue weighted by Gasteiger charge is -2.20. The van der Waals surface area contributed by atoms with Gasteiger partial charge in [-0.15, -0.1) is 0 Å². The van der Waals surface area contributed by atoms with E-state index < -0.39 is 17.2 Å². The molecule has 26 heavy (non-hydrogen) atoms. The summed E-state index contributed by atoms with van der Waals surface area (Å²) in [5.74, 6) is -1.05. The second kappa shape index (κ2) is 7.51. The van der Waals surface area contributed by atoms with Crippen molar-refractivity contribution in [3.05, 3.63) is 83.9 Å². The van der Waals surface area contributed by atoms with Crippen molar-refractivity contribution >= 4 is 28.6 Å². The van der Waals surface area contributed by atoms with Crippen molar-refractivity contribution in [1.82, 2.24) is 0 Å². The lowest BCUT2D eigenvalue weighted by Crippen LogP contribution is -2.19. The topological polar surface area (TPSA) is 77.8 Å². The highest BCUT2D eigenvalue weighted by atomic mass is 32.2. The molecule has 3 aromatic rings. The van der Waals surface area contributed by atoms with Gasteiger partial charge in [-0.3, -0.25) is 4.55 Å². The van der Waals surface area contributed by atoms with E-state index in [0.29, 0.717) is 11.4 Å². The van der Waals surface area contributed by atoms with E-state index >= 15 is 0 Å². The van der Waals surface area contributed by atoms with Gasteiger partial charge in [0.15, 0.2) is 0 Å². The van der Waals surface area contributed by atoms with Crippen molar-refractivity contribution in [2.24, 2.45) is 0 Å². The van der Waals surface area contributed by atoms with Crippen molar-refractivity contribution in [1.29, 1.82) is 0 Å². The van der Waals surface area contributed by atoms with E-state index in [1.807, 2.05) is 43.3 Å². The van der Waals surface area contributed by atoms with Crippen LogP contribution in [-0.4, -0.2) is 19.8 Å². The largest absolute Gasteiger partial charge is 0.478 e. The molecule has 0 heterocycles. The molecule has 0 amide bonds. The molecule has 0 radical (unpaired) electrons. The average Bonchev–Trinajstić information content (AvgIpc) is 2.63. The van der Waals surface area contributed by atoms with E-state index in [1.165, 1.54) is 34.1 Å². The zero-order chi connectivity index (χ0) is 18.7. The molecule has 0 saturated carbocycles. The number of aromatic carboxylic acids is 1. The summed E-state index contributed by atoms with van der Waals surface area (Å²) in [4.78, 5) is 11.0. The molecule has 0 fully saturated rings. The number of carboxylic acid groups (broad SMARTS) is 1. The van der Waals surface area contributed by atoms with Crippen LogP contribution >= 0.6 is 0 Å². The monoisotopic (exact) mass is 367 g/mol. The predicted octanol–water partition coefficient (Wildman–Crippen LogP) is 4.64. The fourth-order valence-corrected chi connectivity index (χ4v) is 3.21. The maximum absolute atomic E-state index is 11.8. The summed E-state index contributed by atoms with van der Waals surface area (Å²) >= 11 is -2.29. The number of anilines is 2. The van der Waals surface area contributed by atoms with Gasteiger partial charge in [0.25, 0.3) is 11.3 Å². The Morgan fingerprint density at radius 1 is 0.808 bits per heavy atom. The zero-order valence-electron chi connectivity index (χ0n) is 14.0. The molecule has 0 bridgehead atoms. The van der Waals surface area contributed by atoms with Crippen molar-refractivity contribution in [2.45, 2.75) is 6.92 Å². The van der Waals surface area contributed by atoms with Crippen LogP contribution in [0.5, 0.6) is 0 Å². The van der Waals surface area contributed by atoms with Crippen LogP contribution in [0.1, 0.15) is 15.9 Å². The number of carbonyl (C=O) groups is 1. The molecule has 132 valence electrons. The zero-order valence-corrected chi connectivity index (χ0v) is 14.8. The van der Waals surface area contributed by atoms with Crippen LogP contribution in [0.3, 0.4) is 0 Å². The Bertz CT molecular complexity index is 935. The van der Waals surface area contributed by atoms with Crippen LogP contribution in [0.2, 0.25) is 0 Å². The van der Waals surface area contributed by atoms with Crippen LogP contribution in [0.25, 0.3) is 11.1 Å². The van der Waals surface area contributed by atoms with Crippen LogP contribution in [0.15, 0.2) is 72.8 Å². The van der Waals surface area contributed by atoms with Gasteiger partial charge in [-0.25, -0.2) is 13.3 Å². The third kappa shape index (κ3) is 3.82. The molecule has 1 unspecified atom stereocenters. The molecule has 5 nitrogen and oxygen atoms in total. The number of carboxylic acids is 1. The summed E-state index contributed by atoms with van der Waals surface area (Å²) in [5.41, 5.74) is 4.32. The van der Waals surface area contributed by atoms with Gasteiger partial charge in [0.1, 0.15) is 0 Å². The molecule has 0 aliphatic rings. The number of rotatable bonds is 5. The van der Waals surface area contributed by atoms with Crippen LogP contribution in [0, 0.1) is 6.92 Å². The quantitative estimate of drug-likeness (QED) is 0.644. The molecular weight excluding hydrogens is 350 g/mol. The van der Waals surface area contributed by atoms with E-state index in [2.05, 4.69) is 0 Å². The number of hydrogen-bond donors (Lipinski definition) is 2. The van der Waals surface area contributed by atoms with Gasteiger partial charge in [-0.05, 0) is 54.4 Å². The van der Waals surface area contributed by atoms with Crippen LogP contribution in [-0.2, 0) is 11.3 Å². The normalized spacial score (nSPS) is 11.8. The molecular formula is C20H17NO4S. The molecule has 3 rings (SSSR count). The van der Waals surface area contributed by atoms with Gasteiger partial charge < -0.3 is 5.11 Å². The number of aryl methyl sites for hydroxylation is 1. The summed E-state index contributed by atoms with van der Waals surface area (Å²) in [5, 5.41) is 8.97. The molecule has 1 atom stereocenters. The van der Waals surface area contributed by atoms with Crippen LogP contribution in [0.4, 0.5) is 11.4 Å². The van der Waals surface area contributed by atoms with Crippen molar-refractivity contribution in [3.8, 4) is 11.1 Å². The number of benzene rings is 3. The second-order valence-corrected chi connectivity index (χ2v) is 6.62. The first-order chi connectivity index (χ1) is 12.5. The first-order valence-electron chi connectivity index (χ1n) is 7.87. The molecule has 0 saturated heterocycles. The fourth-order valence-electron chi connectivity index (χ4n) is 2.60. The van der Waals surface area contributed by atoms with E-state index in [4.69, 9.17) is 5.11 Å². The minimum atomic E-state index is -2.29. The van der Waals surface area contributed by atoms with E-state index in [1.54, 1.807) is 12.1 Å². The summed E-state index contributed by atoms with van der Waals surface area (Å²) < 4.78 is 22.8. The Morgan fingerprint density at radius 3 is 1.65 bits per heavy atom. The summed E-state index contributed by atoms with van der Waals surface area (Å²) in [6.07, 6.45) is 0. The SMILES string of the molecule is Cc1ccc(-c2ccc(N(c3ccc(C(=O)O)cc3)S(=O)O)cc2)cc1. The Labute approximate surface area is 154 Å².